The monoisotopic (exact) mass is 269 g/mol. The zero-order chi connectivity index (χ0) is 14.1. The van der Waals surface area contributed by atoms with Crippen molar-refractivity contribution in [2.24, 2.45) is 0 Å². The first-order chi connectivity index (χ1) is 8.97. The Morgan fingerprint density at radius 3 is 2.79 bits per heavy atom. The second kappa shape index (κ2) is 8.30. The Kier molecular flexibility index (Phi) is 7.05. The van der Waals surface area contributed by atoms with E-state index in [0.29, 0.717) is 13.2 Å². The predicted octanol–water partition coefficient (Wildman–Crippen LogP) is 1.43. The standard InChI is InChI=1S/C14H27N3O2/c1-14(2,3)19-11-13(18)10-15-6-4-5-8-17-9-7-16-12-17/h7,9,12-13,15,18H,4-6,8,10-11H2,1-3H3. The third kappa shape index (κ3) is 8.75. The zero-order valence-corrected chi connectivity index (χ0v) is 12.3. The lowest BCUT2D eigenvalue weighted by atomic mass is 10.2. The van der Waals surface area contributed by atoms with Crippen LogP contribution in [0.3, 0.4) is 0 Å². The Morgan fingerprint density at radius 1 is 1.37 bits per heavy atom. The van der Waals surface area contributed by atoms with Gasteiger partial charge in [0.15, 0.2) is 0 Å². The van der Waals surface area contributed by atoms with Gasteiger partial charge in [-0.15, -0.1) is 0 Å². The second-order valence-electron chi connectivity index (χ2n) is 5.79. The predicted molar refractivity (Wildman–Crippen MR) is 76.0 cm³/mol. The van der Waals surface area contributed by atoms with Crippen LogP contribution >= 0.6 is 0 Å². The Hall–Kier alpha value is -0.910. The highest BCUT2D eigenvalue weighted by Gasteiger charge is 2.13. The van der Waals surface area contributed by atoms with Crippen molar-refractivity contribution in [2.45, 2.75) is 51.9 Å². The van der Waals surface area contributed by atoms with Gasteiger partial charge in [-0.25, -0.2) is 4.98 Å². The molecule has 0 saturated carbocycles. The van der Waals surface area contributed by atoms with Crippen LogP contribution in [0.1, 0.15) is 33.6 Å². The summed E-state index contributed by atoms with van der Waals surface area (Å²) in [4.78, 5) is 4.00. The molecule has 1 atom stereocenters. The van der Waals surface area contributed by atoms with Gasteiger partial charge in [0.25, 0.3) is 0 Å². The van der Waals surface area contributed by atoms with E-state index in [4.69, 9.17) is 4.74 Å². The lowest BCUT2D eigenvalue weighted by Crippen LogP contribution is -2.34. The van der Waals surface area contributed by atoms with Crippen molar-refractivity contribution in [3.05, 3.63) is 18.7 Å². The highest BCUT2D eigenvalue weighted by molar-refractivity contribution is 4.73. The summed E-state index contributed by atoms with van der Waals surface area (Å²) in [5.41, 5.74) is -0.189. The minimum atomic E-state index is -0.437. The van der Waals surface area contributed by atoms with Gasteiger partial charge < -0.3 is 19.7 Å². The Morgan fingerprint density at radius 2 is 2.16 bits per heavy atom. The van der Waals surface area contributed by atoms with Crippen molar-refractivity contribution in [1.29, 1.82) is 0 Å². The molecule has 1 heterocycles. The summed E-state index contributed by atoms with van der Waals surface area (Å²) >= 11 is 0. The van der Waals surface area contributed by atoms with E-state index in [9.17, 15) is 5.11 Å². The molecule has 2 N–H and O–H groups in total. The average Bonchev–Trinajstić information content (AvgIpc) is 2.83. The van der Waals surface area contributed by atoms with Crippen LogP contribution in [-0.2, 0) is 11.3 Å². The fourth-order valence-electron chi connectivity index (χ4n) is 1.64. The van der Waals surface area contributed by atoms with Crippen LogP contribution in [0, 0.1) is 0 Å². The van der Waals surface area contributed by atoms with Gasteiger partial charge in [0.05, 0.1) is 24.6 Å². The maximum atomic E-state index is 9.72. The van der Waals surface area contributed by atoms with Crippen molar-refractivity contribution in [1.82, 2.24) is 14.9 Å². The van der Waals surface area contributed by atoms with Crippen molar-refractivity contribution >= 4 is 0 Å². The Labute approximate surface area is 116 Å². The molecule has 1 aromatic rings. The molecule has 0 aliphatic heterocycles. The van der Waals surface area contributed by atoms with E-state index in [1.54, 1.807) is 6.20 Å². The van der Waals surface area contributed by atoms with Crippen LogP contribution in [-0.4, -0.2) is 46.1 Å². The van der Waals surface area contributed by atoms with E-state index in [-0.39, 0.29) is 5.60 Å². The third-order valence-corrected chi connectivity index (χ3v) is 2.67. The molecule has 0 spiro atoms. The van der Waals surface area contributed by atoms with Gasteiger partial charge in [0.2, 0.25) is 0 Å². The van der Waals surface area contributed by atoms with E-state index in [1.807, 2.05) is 33.3 Å². The number of aliphatic hydroxyl groups is 1. The quantitative estimate of drug-likeness (QED) is 0.666. The lowest BCUT2D eigenvalue weighted by Gasteiger charge is -2.22. The van der Waals surface area contributed by atoms with E-state index in [0.717, 1.165) is 25.9 Å². The first-order valence-electron chi connectivity index (χ1n) is 6.96. The molecule has 0 saturated heterocycles. The van der Waals surface area contributed by atoms with E-state index < -0.39 is 6.10 Å². The molecule has 5 nitrogen and oxygen atoms in total. The molecule has 0 radical (unpaired) electrons. The summed E-state index contributed by atoms with van der Waals surface area (Å²) in [6.07, 6.45) is 7.36. The van der Waals surface area contributed by atoms with Crippen LogP contribution in [0.2, 0.25) is 0 Å². The van der Waals surface area contributed by atoms with Gasteiger partial charge in [0, 0.05) is 25.5 Å². The molecule has 5 heteroatoms. The number of imidazole rings is 1. The highest BCUT2D eigenvalue weighted by atomic mass is 16.5. The maximum Gasteiger partial charge on any atom is 0.0945 e. The summed E-state index contributed by atoms with van der Waals surface area (Å²) in [5, 5.41) is 13.0. The minimum Gasteiger partial charge on any atom is -0.389 e. The number of aliphatic hydroxyl groups excluding tert-OH is 1. The minimum absolute atomic E-state index is 0.189. The number of hydrogen-bond acceptors (Lipinski definition) is 4. The SMILES string of the molecule is CC(C)(C)OCC(O)CNCCCCn1ccnc1. The van der Waals surface area contributed by atoms with Crippen LogP contribution < -0.4 is 5.32 Å². The topological polar surface area (TPSA) is 59.3 Å². The normalized spacial score (nSPS) is 13.7. The number of aromatic nitrogens is 2. The molecular formula is C14H27N3O2. The molecule has 0 aliphatic carbocycles. The zero-order valence-electron chi connectivity index (χ0n) is 12.3. The molecule has 1 unspecified atom stereocenters. The smallest absolute Gasteiger partial charge is 0.0945 e. The fourth-order valence-corrected chi connectivity index (χ4v) is 1.64. The van der Waals surface area contributed by atoms with Gasteiger partial charge in [0.1, 0.15) is 0 Å². The third-order valence-electron chi connectivity index (χ3n) is 2.67. The number of unbranched alkanes of at least 4 members (excludes halogenated alkanes) is 1. The van der Waals surface area contributed by atoms with Crippen molar-refractivity contribution in [3.63, 3.8) is 0 Å². The summed E-state index contributed by atoms with van der Waals surface area (Å²) in [6.45, 7) is 8.85. The lowest BCUT2D eigenvalue weighted by molar-refractivity contribution is -0.0478. The fraction of sp³-hybridized carbons (Fsp3) is 0.786. The molecule has 0 amide bonds. The van der Waals surface area contributed by atoms with E-state index in [2.05, 4.69) is 14.9 Å². The van der Waals surface area contributed by atoms with Gasteiger partial charge in [-0.2, -0.15) is 0 Å². The molecule has 1 aromatic heterocycles. The van der Waals surface area contributed by atoms with Crippen molar-refractivity contribution in [2.75, 3.05) is 19.7 Å². The number of nitrogens with one attached hydrogen (secondary N) is 1. The molecule has 19 heavy (non-hydrogen) atoms. The van der Waals surface area contributed by atoms with Crippen LogP contribution in [0.25, 0.3) is 0 Å². The maximum absolute atomic E-state index is 9.72. The molecular weight excluding hydrogens is 242 g/mol. The molecule has 0 aromatic carbocycles. The summed E-state index contributed by atoms with van der Waals surface area (Å²) in [7, 11) is 0. The summed E-state index contributed by atoms with van der Waals surface area (Å²) < 4.78 is 7.59. The highest BCUT2D eigenvalue weighted by Crippen LogP contribution is 2.06. The van der Waals surface area contributed by atoms with Gasteiger partial charge in [-0.3, -0.25) is 0 Å². The molecule has 0 bridgehead atoms. The first kappa shape index (κ1) is 16.1. The number of hydrogen-bond donors (Lipinski definition) is 2. The summed E-state index contributed by atoms with van der Waals surface area (Å²) in [5.74, 6) is 0. The Bertz CT molecular complexity index is 320. The molecule has 0 fully saturated rings. The number of nitrogens with zero attached hydrogens (tertiary/aromatic N) is 2. The van der Waals surface area contributed by atoms with Crippen LogP contribution in [0.15, 0.2) is 18.7 Å². The van der Waals surface area contributed by atoms with Crippen LogP contribution in [0.5, 0.6) is 0 Å². The second-order valence-corrected chi connectivity index (χ2v) is 5.79. The first-order valence-corrected chi connectivity index (χ1v) is 6.96. The van der Waals surface area contributed by atoms with E-state index in [1.165, 1.54) is 0 Å². The largest absolute Gasteiger partial charge is 0.389 e. The average molecular weight is 269 g/mol. The van der Waals surface area contributed by atoms with Gasteiger partial charge in [-0.05, 0) is 40.2 Å². The number of aryl methyl sites for hydroxylation is 1. The Balaban J connectivity index is 1.92. The summed E-state index contributed by atoms with van der Waals surface area (Å²) in [6, 6.07) is 0. The van der Waals surface area contributed by atoms with E-state index >= 15 is 0 Å². The van der Waals surface area contributed by atoms with Gasteiger partial charge >= 0.3 is 0 Å². The van der Waals surface area contributed by atoms with Crippen LogP contribution in [0.4, 0.5) is 0 Å². The number of rotatable bonds is 9. The number of ether oxygens (including phenoxy) is 1. The van der Waals surface area contributed by atoms with Crippen molar-refractivity contribution in [3.8, 4) is 0 Å². The molecule has 0 aliphatic rings. The molecule has 1 rings (SSSR count). The molecule has 110 valence electrons. The van der Waals surface area contributed by atoms with Crippen molar-refractivity contribution < 1.29 is 9.84 Å². The van der Waals surface area contributed by atoms with Gasteiger partial charge in [-0.1, -0.05) is 0 Å².